The molecule has 0 saturated heterocycles. The van der Waals surface area contributed by atoms with Gasteiger partial charge in [0.15, 0.2) is 0 Å². The maximum atomic E-state index is 6.07. The Bertz CT molecular complexity index is 400. The molecule has 1 aromatic carbocycles. The van der Waals surface area contributed by atoms with Crippen molar-refractivity contribution in [2.24, 2.45) is 5.73 Å². The SMILES string of the molecule is C=C(C)c1cccc(C2(CN)CCCCC2)c1. The van der Waals surface area contributed by atoms with Crippen LogP contribution in [0, 0.1) is 0 Å². The Balaban J connectivity index is 2.36. The number of rotatable bonds is 3. The highest BCUT2D eigenvalue weighted by molar-refractivity contribution is 5.62. The van der Waals surface area contributed by atoms with E-state index in [1.165, 1.54) is 43.2 Å². The van der Waals surface area contributed by atoms with Crippen LogP contribution in [0.25, 0.3) is 5.57 Å². The van der Waals surface area contributed by atoms with Crippen LogP contribution in [0.4, 0.5) is 0 Å². The summed E-state index contributed by atoms with van der Waals surface area (Å²) in [5.74, 6) is 0. The van der Waals surface area contributed by atoms with Crippen molar-refractivity contribution >= 4 is 5.57 Å². The van der Waals surface area contributed by atoms with E-state index in [9.17, 15) is 0 Å². The van der Waals surface area contributed by atoms with Crippen LogP contribution in [0.15, 0.2) is 30.8 Å². The molecule has 1 aliphatic rings. The zero-order valence-electron chi connectivity index (χ0n) is 10.8. The molecule has 1 aromatic rings. The monoisotopic (exact) mass is 229 g/mol. The molecule has 2 N–H and O–H groups in total. The maximum absolute atomic E-state index is 6.07. The first-order valence-corrected chi connectivity index (χ1v) is 6.64. The second kappa shape index (κ2) is 5.05. The van der Waals surface area contributed by atoms with E-state index >= 15 is 0 Å². The number of allylic oxidation sites excluding steroid dienone is 1. The molecule has 1 fully saturated rings. The predicted molar refractivity (Wildman–Crippen MR) is 75.0 cm³/mol. The molecule has 1 aliphatic carbocycles. The molecule has 1 nitrogen and oxygen atoms in total. The minimum Gasteiger partial charge on any atom is -0.330 e. The zero-order valence-corrected chi connectivity index (χ0v) is 10.8. The Hall–Kier alpha value is -1.08. The third kappa shape index (κ3) is 2.44. The minimum atomic E-state index is 0.226. The fourth-order valence-electron chi connectivity index (χ4n) is 2.95. The summed E-state index contributed by atoms with van der Waals surface area (Å²) >= 11 is 0. The van der Waals surface area contributed by atoms with Crippen LogP contribution in [0.2, 0.25) is 0 Å². The van der Waals surface area contributed by atoms with Gasteiger partial charge in [-0.2, -0.15) is 0 Å². The summed E-state index contributed by atoms with van der Waals surface area (Å²) in [5, 5.41) is 0. The molecular formula is C16H23N. The molecule has 1 saturated carbocycles. The zero-order chi connectivity index (χ0) is 12.3. The Morgan fingerprint density at radius 3 is 2.59 bits per heavy atom. The van der Waals surface area contributed by atoms with E-state index in [2.05, 4.69) is 37.8 Å². The largest absolute Gasteiger partial charge is 0.330 e. The lowest BCUT2D eigenvalue weighted by atomic mass is 9.69. The first-order valence-electron chi connectivity index (χ1n) is 6.64. The molecule has 0 amide bonds. The van der Waals surface area contributed by atoms with Gasteiger partial charge in [-0.1, -0.05) is 55.7 Å². The van der Waals surface area contributed by atoms with Gasteiger partial charge in [0.05, 0.1) is 0 Å². The topological polar surface area (TPSA) is 26.0 Å². The van der Waals surface area contributed by atoms with Gasteiger partial charge >= 0.3 is 0 Å². The number of benzene rings is 1. The van der Waals surface area contributed by atoms with Crippen molar-refractivity contribution in [1.29, 1.82) is 0 Å². The van der Waals surface area contributed by atoms with Crippen molar-refractivity contribution in [3.8, 4) is 0 Å². The van der Waals surface area contributed by atoms with Crippen LogP contribution < -0.4 is 5.73 Å². The summed E-state index contributed by atoms with van der Waals surface area (Å²) in [6, 6.07) is 8.81. The van der Waals surface area contributed by atoms with Crippen molar-refractivity contribution < 1.29 is 0 Å². The Labute approximate surface area is 105 Å². The summed E-state index contributed by atoms with van der Waals surface area (Å²) in [6.45, 7) is 6.86. The molecule has 0 aliphatic heterocycles. The summed E-state index contributed by atoms with van der Waals surface area (Å²) < 4.78 is 0. The van der Waals surface area contributed by atoms with Crippen molar-refractivity contribution in [1.82, 2.24) is 0 Å². The molecule has 0 heterocycles. The van der Waals surface area contributed by atoms with Gasteiger partial charge in [-0.15, -0.1) is 0 Å². The number of hydrogen-bond donors (Lipinski definition) is 1. The lowest BCUT2D eigenvalue weighted by Crippen LogP contribution is -2.37. The number of nitrogens with two attached hydrogens (primary N) is 1. The summed E-state index contributed by atoms with van der Waals surface area (Å²) in [4.78, 5) is 0. The summed E-state index contributed by atoms with van der Waals surface area (Å²) in [5.41, 5.74) is 10.1. The van der Waals surface area contributed by atoms with Crippen LogP contribution in [-0.2, 0) is 5.41 Å². The van der Waals surface area contributed by atoms with Crippen molar-refractivity contribution in [3.05, 3.63) is 42.0 Å². The van der Waals surface area contributed by atoms with Gasteiger partial charge < -0.3 is 5.73 Å². The first kappa shape index (κ1) is 12.4. The number of hydrogen-bond acceptors (Lipinski definition) is 1. The van der Waals surface area contributed by atoms with Crippen molar-refractivity contribution in [2.75, 3.05) is 6.54 Å². The Kier molecular flexibility index (Phi) is 3.68. The van der Waals surface area contributed by atoms with Crippen LogP contribution in [-0.4, -0.2) is 6.54 Å². The fraction of sp³-hybridized carbons (Fsp3) is 0.500. The molecule has 0 unspecified atom stereocenters. The molecule has 1 heteroatoms. The molecule has 0 spiro atoms. The highest BCUT2D eigenvalue weighted by Gasteiger charge is 2.32. The summed E-state index contributed by atoms with van der Waals surface area (Å²) in [7, 11) is 0. The van der Waals surface area contributed by atoms with Gasteiger partial charge in [-0.25, -0.2) is 0 Å². The van der Waals surface area contributed by atoms with Crippen molar-refractivity contribution in [3.63, 3.8) is 0 Å². The molecule has 17 heavy (non-hydrogen) atoms. The standard InChI is InChI=1S/C16H23N/c1-13(2)14-7-6-8-15(11-14)16(12-17)9-4-3-5-10-16/h6-8,11H,1,3-5,9-10,12,17H2,2H3. The Morgan fingerprint density at radius 1 is 1.29 bits per heavy atom. The van der Waals surface area contributed by atoms with Gasteiger partial charge in [-0.3, -0.25) is 0 Å². The van der Waals surface area contributed by atoms with E-state index in [0.29, 0.717) is 0 Å². The fourth-order valence-corrected chi connectivity index (χ4v) is 2.95. The first-order chi connectivity index (χ1) is 8.18. The second-order valence-electron chi connectivity index (χ2n) is 5.41. The summed E-state index contributed by atoms with van der Waals surface area (Å²) in [6.07, 6.45) is 6.47. The van der Waals surface area contributed by atoms with E-state index in [1.54, 1.807) is 0 Å². The molecule has 92 valence electrons. The minimum absolute atomic E-state index is 0.226. The van der Waals surface area contributed by atoms with Crippen LogP contribution >= 0.6 is 0 Å². The predicted octanol–water partition coefficient (Wildman–Crippen LogP) is 3.88. The third-order valence-corrected chi connectivity index (χ3v) is 4.17. The highest BCUT2D eigenvalue weighted by atomic mass is 14.6. The molecule has 2 rings (SSSR count). The smallest absolute Gasteiger partial charge is 0.00757 e. The van der Waals surface area contributed by atoms with Crippen molar-refractivity contribution in [2.45, 2.75) is 44.4 Å². The molecule has 0 bridgehead atoms. The maximum Gasteiger partial charge on any atom is 0.00757 e. The van der Waals surface area contributed by atoms with E-state index in [0.717, 1.165) is 12.1 Å². The van der Waals surface area contributed by atoms with Gasteiger partial charge in [0.2, 0.25) is 0 Å². The normalized spacial score (nSPS) is 18.9. The second-order valence-corrected chi connectivity index (χ2v) is 5.41. The molecule has 0 aromatic heterocycles. The van der Waals surface area contributed by atoms with E-state index in [1.807, 2.05) is 0 Å². The van der Waals surface area contributed by atoms with Gasteiger partial charge in [0.1, 0.15) is 0 Å². The average Bonchev–Trinajstić information content (AvgIpc) is 2.39. The molecule has 0 radical (unpaired) electrons. The van der Waals surface area contributed by atoms with E-state index in [4.69, 9.17) is 5.73 Å². The van der Waals surface area contributed by atoms with Crippen LogP contribution in [0.5, 0.6) is 0 Å². The average molecular weight is 229 g/mol. The quantitative estimate of drug-likeness (QED) is 0.836. The van der Waals surface area contributed by atoms with E-state index in [-0.39, 0.29) is 5.41 Å². The highest BCUT2D eigenvalue weighted by Crippen LogP contribution is 2.39. The van der Waals surface area contributed by atoms with Crippen LogP contribution in [0.3, 0.4) is 0 Å². The third-order valence-electron chi connectivity index (χ3n) is 4.17. The lowest BCUT2D eigenvalue weighted by Gasteiger charge is -2.37. The molecule has 0 atom stereocenters. The Morgan fingerprint density at radius 2 is 2.00 bits per heavy atom. The van der Waals surface area contributed by atoms with Gasteiger partial charge in [-0.05, 0) is 30.9 Å². The van der Waals surface area contributed by atoms with Gasteiger partial charge in [0, 0.05) is 12.0 Å². The molecular weight excluding hydrogens is 206 g/mol. The lowest BCUT2D eigenvalue weighted by molar-refractivity contribution is 0.301. The van der Waals surface area contributed by atoms with Crippen LogP contribution in [0.1, 0.15) is 50.2 Å². The van der Waals surface area contributed by atoms with Gasteiger partial charge in [0.25, 0.3) is 0 Å². The van der Waals surface area contributed by atoms with E-state index < -0.39 is 0 Å².